The van der Waals surface area contributed by atoms with E-state index in [9.17, 15) is 19.1 Å². The number of aromatic nitrogens is 1. The van der Waals surface area contributed by atoms with Gasteiger partial charge in [-0.1, -0.05) is 12.1 Å². The minimum Gasteiger partial charge on any atom is -0.478 e. The number of rotatable bonds is 6. The smallest absolute Gasteiger partial charge is 0.339 e. The first-order valence-electron chi connectivity index (χ1n) is 10.8. The Bertz CT molecular complexity index is 962. The van der Waals surface area contributed by atoms with Crippen LogP contribution in [0.1, 0.15) is 46.4 Å². The Morgan fingerprint density at radius 1 is 1.13 bits per heavy atom. The van der Waals surface area contributed by atoms with E-state index in [1.807, 2.05) is 4.90 Å². The highest BCUT2D eigenvalue weighted by Crippen LogP contribution is 2.28. The Balaban J connectivity index is 1.50. The number of hydrogen-bond donors (Lipinski definition) is 2. The molecule has 0 radical (unpaired) electrons. The molecule has 31 heavy (non-hydrogen) atoms. The number of hydrogen-bond acceptors (Lipinski definition) is 5. The zero-order valence-corrected chi connectivity index (χ0v) is 17.4. The van der Waals surface area contributed by atoms with Gasteiger partial charge in [0.05, 0.1) is 17.4 Å². The molecule has 164 valence electrons. The summed E-state index contributed by atoms with van der Waals surface area (Å²) in [6.07, 6.45) is 6.06. The highest BCUT2D eigenvalue weighted by atomic mass is 19.1. The first-order chi connectivity index (χ1) is 15.0. The summed E-state index contributed by atoms with van der Waals surface area (Å²) in [5.41, 5.74) is 0.150. The van der Waals surface area contributed by atoms with Crippen LogP contribution in [0, 0.1) is 11.7 Å². The molecule has 8 heteroatoms. The molecule has 0 bridgehead atoms. The molecule has 4 rings (SSSR count). The molecule has 0 unspecified atom stereocenters. The number of anilines is 2. The van der Waals surface area contributed by atoms with Gasteiger partial charge < -0.3 is 20.2 Å². The van der Waals surface area contributed by atoms with Crippen LogP contribution in [0.4, 0.5) is 15.9 Å². The number of carbonyl (C=O) groups excluding carboxylic acids is 1. The van der Waals surface area contributed by atoms with E-state index in [0.29, 0.717) is 11.7 Å². The minimum atomic E-state index is -1.11. The molecule has 2 fully saturated rings. The Morgan fingerprint density at radius 3 is 2.65 bits per heavy atom. The monoisotopic (exact) mass is 426 g/mol. The number of amides is 1. The van der Waals surface area contributed by atoms with Crippen molar-refractivity contribution in [2.24, 2.45) is 5.92 Å². The summed E-state index contributed by atoms with van der Waals surface area (Å²) < 4.78 is 13.9. The molecule has 0 saturated carbocycles. The minimum absolute atomic E-state index is 0.0353. The largest absolute Gasteiger partial charge is 0.478 e. The molecule has 2 aliphatic rings. The number of halogens is 1. The van der Waals surface area contributed by atoms with Crippen molar-refractivity contribution in [2.75, 3.05) is 42.9 Å². The van der Waals surface area contributed by atoms with Gasteiger partial charge in [0.1, 0.15) is 17.2 Å². The first kappa shape index (κ1) is 21.2. The van der Waals surface area contributed by atoms with Crippen LogP contribution in [0.5, 0.6) is 0 Å². The molecule has 0 spiro atoms. The van der Waals surface area contributed by atoms with Crippen LogP contribution in [0.25, 0.3) is 0 Å². The number of carboxylic acids is 1. The Hall–Kier alpha value is -3.00. The van der Waals surface area contributed by atoms with Crippen molar-refractivity contribution in [3.8, 4) is 0 Å². The van der Waals surface area contributed by atoms with Gasteiger partial charge in [0.2, 0.25) is 0 Å². The molecule has 2 N–H and O–H groups in total. The van der Waals surface area contributed by atoms with Crippen LogP contribution in [0.15, 0.2) is 36.5 Å². The van der Waals surface area contributed by atoms with E-state index in [1.54, 1.807) is 6.07 Å². The molecule has 2 aliphatic heterocycles. The first-order valence-corrected chi connectivity index (χ1v) is 10.8. The highest BCUT2D eigenvalue weighted by Gasteiger charge is 2.27. The molecule has 1 aromatic carbocycles. The summed E-state index contributed by atoms with van der Waals surface area (Å²) >= 11 is 0. The van der Waals surface area contributed by atoms with Crippen LogP contribution in [0.2, 0.25) is 0 Å². The zero-order chi connectivity index (χ0) is 21.8. The van der Waals surface area contributed by atoms with Crippen LogP contribution < -0.4 is 10.2 Å². The summed E-state index contributed by atoms with van der Waals surface area (Å²) in [4.78, 5) is 33.2. The number of nitrogens with zero attached hydrogens (tertiary/aromatic N) is 3. The van der Waals surface area contributed by atoms with Crippen LogP contribution in [-0.4, -0.2) is 59.6 Å². The van der Waals surface area contributed by atoms with Crippen LogP contribution in [0.3, 0.4) is 0 Å². The molecule has 1 amide bonds. The summed E-state index contributed by atoms with van der Waals surface area (Å²) in [6, 6.07) is 7.04. The van der Waals surface area contributed by atoms with Gasteiger partial charge in [-0.2, -0.15) is 0 Å². The average Bonchev–Trinajstić information content (AvgIpc) is 3.27. The average molecular weight is 426 g/mol. The molecule has 0 aliphatic carbocycles. The lowest BCUT2D eigenvalue weighted by atomic mass is 9.97. The van der Waals surface area contributed by atoms with E-state index >= 15 is 0 Å². The van der Waals surface area contributed by atoms with E-state index in [4.69, 9.17) is 0 Å². The number of carboxylic acid groups (broad SMARTS) is 1. The van der Waals surface area contributed by atoms with Gasteiger partial charge in [-0.3, -0.25) is 4.79 Å². The van der Waals surface area contributed by atoms with Crippen molar-refractivity contribution >= 4 is 23.4 Å². The number of likely N-dealkylation sites (tertiary alicyclic amines) is 1. The number of aromatic carboxylic acids is 1. The summed E-state index contributed by atoms with van der Waals surface area (Å²) in [5, 5.41) is 12.3. The predicted octanol–water partition coefficient (Wildman–Crippen LogP) is 3.48. The fourth-order valence-electron chi connectivity index (χ4n) is 4.52. The number of piperidine rings is 1. The van der Waals surface area contributed by atoms with Gasteiger partial charge >= 0.3 is 5.97 Å². The molecule has 3 heterocycles. The normalized spacial score (nSPS) is 19.4. The van der Waals surface area contributed by atoms with Crippen LogP contribution >= 0.6 is 0 Å². The van der Waals surface area contributed by atoms with Gasteiger partial charge in [-0.05, 0) is 62.9 Å². The van der Waals surface area contributed by atoms with Gasteiger partial charge in [-0.15, -0.1) is 0 Å². The maximum absolute atomic E-state index is 13.9. The second-order valence-corrected chi connectivity index (χ2v) is 8.30. The van der Waals surface area contributed by atoms with Gasteiger partial charge in [0.25, 0.3) is 5.91 Å². The van der Waals surface area contributed by atoms with Crippen LogP contribution in [-0.2, 0) is 0 Å². The maximum Gasteiger partial charge on any atom is 0.339 e. The fraction of sp³-hybridized carbons (Fsp3) is 0.435. The van der Waals surface area contributed by atoms with Crippen molar-refractivity contribution in [1.82, 2.24) is 9.88 Å². The lowest BCUT2D eigenvalue weighted by Gasteiger charge is -2.36. The summed E-state index contributed by atoms with van der Waals surface area (Å²) in [5.74, 6) is -1.49. The van der Waals surface area contributed by atoms with E-state index in [-0.39, 0.29) is 16.8 Å². The van der Waals surface area contributed by atoms with Gasteiger partial charge in [0, 0.05) is 19.6 Å². The van der Waals surface area contributed by atoms with E-state index < -0.39 is 17.7 Å². The lowest BCUT2D eigenvalue weighted by molar-refractivity contribution is 0.0696. The standard InChI is InChI=1S/C23H27FN4O3/c24-20-8-2-1-7-18(20)22(29)26-17-12-19(23(30)31)21(25-13-17)28-11-5-6-16(15-28)14-27-9-3-4-10-27/h1-2,7-8,12-13,16H,3-6,9-11,14-15H2,(H,26,29)(H,30,31)/t16-/m1/s1. The number of pyridine rings is 1. The van der Waals surface area contributed by atoms with E-state index in [2.05, 4.69) is 15.2 Å². The van der Waals surface area contributed by atoms with Crippen molar-refractivity contribution in [1.29, 1.82) is 0 Å². The van der Waals surface area contributed by atoms with Gasteiger partial charge in [0.15, 0.2) is 0 Å². The topological polar surface area (TPSA) is 85.8 Å². The third kappa shape index (κ3) is 5.02. The van der Waals surface area contributed by atoms with Crippen molar-refractivity contribution in [3.63, 3.8) is 0 Å². The summed E-state index contributed by atoms with van der Waals surface area (Å²) in [7, 11) is 0. The number of carbonyl (C=O) groups is 2. The van der Waals surface area contributed by atoms with Gasteiger partial charge in [-0.25, -0.2) is 14.2 Å². The third-order valence-electron chi connectivity index (χ3n) is 6.01. The zero-order valence-electron chi connectivity index (χ0n) is 17.4. The number of nitrogens with one attached hydrogen (secondary N) is 1. The second-order valence-electron chi connectivity index (χ2n) is 8.30. The molecule has 7 nitrogen and oxygen atoms in total. The number of benzene rings is 1. The molecule has 1 aromatic heterocycles. The molecular formula is C23H27FN4O3. The second kappa shape index (κ2) is 9.43. The third-order valence-corrected chi connectivity index (χ3v) is 6.01. The Kier molecular flexibility index (Phi) is 6.46. The fourth-order valence-corrected chi connectivity index (χ4v) is 4.52. The predicted molar refractivity (Wildman–Crippen MR) is 116 cm³/mol. The Morgan fingerprint density at radius 2 is 1.90 bits per heavy atom. The lowest BCUT2D eigenvalue weighted by Crippen LogP contribution is -2.41. The van der Waals surface area contributed by atoms with Crippen molar-refractivity contribution < 1.29 is 19.1 Å². The molecule has 2 saturated heterocycles. The molecule has 1 atom stereocenters. The van der Waals surface area contributed by atoms with E-state index in [0.717, 1.165) is 45.6 Å². The summed E-state index contributed by atoms with van der Waals surface area (Å²) in [6.45, 7) is 4.85. The SMILES string of the molecule is O=C(Nc1cnc(N2CCC[C@H](CN3CCCC3)C2)c(C(=O)O)c1)c1ccccc1F. The van der Waals surface area contributed by atoms with Crippen molar-refractivity contribution in [2.45, 2.75) is 25.7 Å². The maximum atomic E-state index is 13.9. The molecule has 2 aromatic rings. The van der Waals surface area contributed by atoms with E-state index in [1.165, 1.54) is 43.3 Å². The highest BCUT2D eigenvalue weighted by molar-refractivity contribution is 6.05. The Labute approximate surface area is 180 Å². The molecular weight excluding hydrogens is 399 g/mol. The van der Waals surface area contributed by atoms with Crippen molar-refractivity contribution in [3.05, 3.63) is 53.5 Å². The quantitative estimate of drug-likeness (QED) is 0.736.